The van der Waals surface area contributed by atoms with Gasteiger partial charge in [-0.2, -0.15) is 0 Å². The summed E-state index contributed by atoms with van der Waals surface area (Å²) in [5, 5.41) is 2.04. The number of hydrogen-bond donors (Lipinski definition) is 1. The molecule has 2 heterocycles. The number of rotatable bonds is 3. The van der Waals surface area contributed by atoms with Crippen molar-refractivity contribution < 1.29 is 4.42 Å². The topological polar surface area (TPSA) is 39.2 Å². The second-order valence-corrected chi connectivity index (χ2v) is 3.88. The van der Waals surface area contributed by atoms with Gasteiger partial charge < -0.3 is 10.2 Å². The number of nitrogens with two attached hydrogens (primary N) is 1. The van der Waals surface area contributed by atoms with Gasteiger partial charge in [-0.15, -0.1) is 11.3 Å². The Kier molecular flexibility index (Phi) is 2.47. The highest BCUT2D eigenvalue weighted by Crippen LogP contribution is 2.20. The van der Waals surface area contributed by atoms with E-state index >= 15 is 0 Å². The quantitative estimate of drug-likeness (QED) is 0.813. The molecule has 2 N–H and O–H groups in total. The maximum Gasteiger partial charge on any atom is 0.105 e. The van der Waals surface area contributed by atoms with Crippen LogP contribution in [0.2, 0.25) is 0 Å². The van der Waals surface area contributed by atoms with Crippen molar-refractivity contribution in [2.24, 2.45) is 5.73 Å². The Labute approximate surface area is 81.0 Å². The molecule has 2 nitrogen and oxygen atoms in total. The predicted molar refractivity (Wildman–Crippen MR) is 53.7 cm³/mol. The molecule has 0 aliphatic carbocycles. The van der Waals surface area contributed by atoms with Crippen molar-refractivity contribution in [3.63, 3.8) is 0 Å². The Bertz CT molecular complexity index is 339. The van der Waals surface area contributed by atoms with Crippen molar-refractivity contribution >= 4 is 11.3 Å². The van der Waals surface area contributed by atoms with Gasteiger partial charge in [0.2, 0.25) is 0 Å². The zero-order chi connectivity index (χ0) is 9.10. The summed E-state index contributed by atoms with van der Waals surface area (Å²) in [5.74, 6) is 0.945. The van der Waals surface area contributed by atoms with Crippen molar-refractivity contribution in [3.05, 3.63) is 46.5 Å². The molecule has 3 heteroatoms. The van der Waals surface area contributed by atoms with E-state index < -0.39 is 0 Å². The highest BCUT2D eigenvalue weighted by molar-refractivity contribution is 7.10. The van der Waals surface area contributed by atoms with Crippen LogP contribution in [0.25, 0.3) is 0 Å². The molecule has 0 aliphatic rings. The van der Waals surface area contributed by atoms with Gasteiger partial charge in [-0.1, -0.05) is 6.07 Å². The fourth-order valence-electron chi connectivity index (χ4n) is 1.25. The van der Waals surface area contributed by atoms with E-state index in [1.807, 2.05) is 23.6 Å². The van der Waals surface area contributed by atoms with Crippen LogP contribution in [0.15, 0.2) is 40.3 Å². The van der Waals surface area contributed by atoms with Gasteiger partial charge in [-0.25, -0.2) is 0 Å². The monoisotopic (exact) mass is 193 g/mol. The SMILES string of the molecule is NC(Cc1ccco1)c1cccs1. The van der Waals surface area contributed by atoms with E-state index in [9.17, 15) is 0 Å². The molecule has 0 spiro atoms. The third kappa shape index (κ3) is 1.99. The molecular formula is C10H11NOS. The first-order valence-electron chi connectivity index (χ1n) is 4.17. The van der Waals surface area contributed by atoms with Gasteiger partial charge in [0.05, 0.1) is 6.26 Å². The molecule has 0 fully saturated rings. The van der Waals surface area contributed by atoms with E-state index in [-0.39, 0.29) is 6.04 Å². The Morgan fingerprint density at radius 2 is 2.31 bits per heavy atom. The summed E-state index contributed by atoms with van der Waals surface area (Å²) in [4.78, 5) is 1.21. The minimum absolute atomic E-state index is 0.0612. The van der Waals surface area contributed by atoms with Gasteiger partial charge in [-0.05, 0) is 23.6 Å². The molecule has 0 bridgehead atoms. The highest BCUT2D eigenvalue weighted by atomic mass is 32.1. The first-order valence-corrected chi connectivity index (χ1v) is 5.05. The summed E-state index contributed by atoms with van der Waals surface area (Å²) < 4.78 is 5.23. The molecule has 0 amide bonds. The van der Waals surface area contributed by atoms with Crippen LogP contribution in [0.5, 0.6) is 0 Å². The Morgan fingerprint density at radius 1 is 1.38 bits per heavy atom. The van der Waals surface area contributed by atoms with Gasteiger partial charge in [0, 0.05) is 17.3 Å². The predicted octanol–water partition coefficient (Wildman–Crippen LogP) is 2.58. The molecule has 0 aromatic carbocycles. The van der Waals surface area contributed by atoms with Crippen molar-refractivity contribution in [2.75, 3.05) is 0 Å². The molecule has 2 rings (SSSR count). The Balaban J connectivity index is 2.04. The largest absolute Gasteiger partial charge is 0.469 e. The van der Waals surface area contributed by atoms with E-state index in [1.165, 1.54) is 4.88 Å². The van der Waals surface area contributed by atoms with Crippen molar-refractivity contribution in [1.82, 2.24) is 0 Å². The third-order valence-corrected chi connectivity index (χ3v) is 2.91. The Morgan fingerprint density at radius 3 is 2.92 bits per heavy atom. The molecule has 13 heavy (non-hydrogen) atoms. The van der Waals surface area contributed by atoms with Gasteiger partial charge in [0.25, 0.3) is 0 Å². The maximum atomic E-state index is 5.98. The van der Waals surface area contributed by atoms with Gasteiger partial charge >= 0.3 is 0 Å². The van der Waals surface area contributed by atoms with Crippen molar-refractivity contribution in [3.8, 4) is 0 Å². The molecule has 2 aromatic heterocycles. The first-order chi connectivity index (χ1) is 6.36. The normalized spacial score (nSPS) is 13.0. The van der Waals surface area contributed by atoms with Gasteiger partial charge in [0.1, 0.15) is 5.76 Å². The second kappa shape index (κ2) is 3.77. The number of hydrogen-bond acceptors (Lipinski definition) is 3. The number of thiophene rings is 1. The fourth-order valence-corrected chi connectivity index (χ4v) is 1.98. The molecule has 0 saturated heterocycles. The van der Waals surface area contributed by atoms with Crippen molar-refractivity contribution in [2.45, 2.75) is 12.5 Å². The molecule has 2 aromatic rings. The average molecular weight is 193 g/mol. The maximum absolute atomic E-state index is 5.98. The van der Waals surface area contributed by atoms with Crippen LogP contribution >= 0.6 is 11.3 Å². The van der Waals surface area contributed by atoms with Crippen molar-refractivity contribution in [1.29, 1.82) is 0 Å². The van der Waals surface area contributed by atoms with E-state index in [2.05, 4.69) is 6.07 Å². The zero-order valence-electron chi connectivity index (χ0n) is 7.14. The molecule has 1 atom stereocenters. The number of furan rings is 1. The fraction of sp³-hybridized carbons (Fsp3) is 0.200. The van der Waals surface area contributed by atoms with E-state index in [1.54, 1.807) is 17.6 Å². The van der Waals surface area contributed by atoms with Crippen LogP contribution in [0.4, 0.5) is 0 Å². The zero-order valence-corrected chi connectivity index (χ0v) is 7.96. The van der Waals surface area contributed by atoms with Gasteiger partial charge in [0.15, 0.2) is 0 Å². The smallest absolute Gasteiger partial charge is 0.105 e. The second-order valence-electron chi connectivity index (χ2n) is 2.91. The van der Waals surface area contributed by atoms with Crippen LogP contribution in [0, 0.1) is 0 Å². The molecule has 0 radical (unpaired) electrons. The minimum Gasteiger partial charge on any atom is -0.469 e. The molecule has 68 valence electrons. The molecule has 0 aliphatic heterocycles. The molecule has 0 saturated carbocycles. The Hall–Kier alpha value is -1.06. The van der Waals surface area contributed by atoms with Crippen LogP contribution < -0.4 is 5.73 Å². The summed E-state index contributed by atoms with van der Waals surface area (Å²) in [6.07, 6.45) is 2.45. The first kappa shape index (κ1) is 8.53. The molecule has 1 unspecified atom stereocenters. The summed E-state index contributed by atoms with van der Waals surface area (Å²) >= 11 is 1.69. The van der Waals surface area contributed by atoms with E-state index in [0.29, 0.717) is 0 Å². The lowest BCUT2D eigenvalue weighted by Gasteiger charge is -2.06. The van der Waals surface area contributed by atoms with E-state index in [0.717, 1.165) is 12.2 Å². The highest BCUT2D eigenvalue weighted by Gasteiger charge is 2.08. The van der Waals surface area contributed by atoms with Crippen LogP contribution in [0.1, 0.15) is 16.7 Å². The summed E-state index contributed by atoms with van der Waals surface area (Å²) in [5.41, 5.74) is 5.98. The van der Waals surface area contributed by atoms with Gasteiger partial charge in [-0.3, -0.25) is 0 Å². The summed E-state index contributed by atoms with van der Waals surface area (Å²) in [7, 11) is 0. The minimum atomic E-state index is 0.0612. The van der Waals surface area contributed by atoms with Crippen LogP contribution in [-0.2, 0) is 6.42 Å². The average Bonchev–Trinajstić information content (AvgIpc) is 2.74. The van der Waals surface area contributed by atoms with Crippen LogP contribution in [0.3, 0.4) is 0 Å². The third-order valence-electron chi connectivity index (χ3n) is 1.91. The lowest BCUT2D eigenvalue weighted by molar-refractivity contribution is 0.490. The van der Waals surface area contributed by atoms with E-state index in [4.69, 9.17) is 10.2 Å². The lowest BCUT2D eigenvalue weighted by atomic mass is 10.1. The molecular weight excluding hydrogens is 182 g/mol. The van der Waals surface area contributed by atoms with Crippen LogP contribution in [-0.4, -0.2) is 0 Å². The summed E-state index contributed by atoms with van der Waals surface area (Å²) in [6, 6.07) is 7.97. The standard InChI is InChI=1S/C10H11NOS/c11-9(10-4-2-6-13-10)7-8-3-1-5-12-8/h1-6,9H,7,11H2. The lowest BCUT2D eigenvalue weighted by Crippen LogP contribution is -2.11. The summed E-state index contributed by atoms with van der Waals surface area (Å²) in [6.45, 7) is 0.